The highest BCUT2D eigenvalue weighted by atomic mass is 32.1. The summed E-state index contributed by atoms with van der Waals surface area (Å²) < 4.78 is 5.62. The zero-order valence-corrected chi connectivity index (χ0v) is 12.9. The second-order valence-electron chi connectivity index (χ2n) is 5.29. The maximum atomic E-state index is 5.62. The Kier molecular flexibility index (Phi) is 4.17. The van der Waals surface area contributed by atoms with Gasteiger partial charge in [-0.25, -0.2) is 9.97 Å². The Bertz CT molecular complexity index is 584. The van der Waals surface area contributed by atoms with Crippen LogP contribution < -0.4 is 5.32 Å². The topological polar surface area (TPSA) is 47.0 Å². The van der Waals surface area contributed by atoms with E-state index in [1.807, 2.05) is 7.11 Å². The summed E-state index contributed by atoms with van der Waals surface area (Å²) in [6.07, 6.45) is 5.95. The van der Waals surface area contributed by atoms with E-state index in [-0.39, 0.29) is 6.10 Å². The Morgan fingerprint density at radius 3 is 3.00 bits per heavy atom. The number of rotatable bonds is 4. The van der Waals surface area contributed by atoms with Gasteiger partial charge in [0.15, 0.2) is 0 Å². The van der Waals surface area contributed by atoms with E-state index in [9.17, 15) is 0 Å². The van der Waals surface area contributed by atoms with Crippen LogP contribution in [0.15, 0.2) is 11.4 Å². The molecule has 1 aliphatic carbocycles. The van der Waals surface area contributed by atoms with Crippen LogP contribution in [0.3, 0.4) is 0 Å². The molecule has 2 aromatic heterocycles. The highest BCUT2D eigenvalue weighted by Gasteiger charge is 2.25. The fourth-order valence-corrected chi connectivity index (χ4v) is 3.67. The number of hydrogen-bond acceptors (Lipinski definition) is 5. The van der Waals surface area contributed by atoms with Crippen LogP contribution in [0.25, 0.3) is 10.2 Å². The number of methoxy groups -OCH3 is 1. The van der Waals surface area contributed by atoms with E-state index in [0.29, 0.717) is 6.04 Å². The first-order valence-electron chi connectivity index (χ1n) is 7.35. The molecule has 2 atom stereocenters. The van der Waals surface area contributed by atoms with Crippen LogP contribution >= 0.6 is 11.3 Å². The minimum Gasteiger partial charge on any atom is -0.379 e. The predicted molar refractivity (Wildman–Crippen MR) is 83.5 cm³/mol. The Morgan fingerprint density at radius 2 is 2.20 bits per heavy atom. The molecule has 2 aromatic rings. The van der Waals surface area contributed by atoms with Crippen LogP contribution in [0.4, 0.5) is 5.82 Å². The standard InChI is InChI=1S/C15H21N3OS/c1-3-13-17-14(10-8-9-20-15(10)18-13)16-11-6-4-5-7-12(11)19-2/h8-9,11-12H,3-7H2,1-2H3,(H,16,17,18). The molecular formula is C15H21N3OS. The van der Waals surface area contributed by atoms with E-state index >= 15 is 0 Å². The Hall–Kier alpha value is -1.20. The molecule has 0 aromatic carbocycles. The van der Waals surface area contributed by atoms with Crippen molar-refractivity contribution in [1.82, 2.24) is 9.97 Å². The SMILES string of the molecule is CCc1nc(NC2CCCCC2OC)c2ccsc2n1. The molecule has 0 saturated heterocycles. The number of hydrogen-bond donors (Lipinski definition) is 1. The normalized spacial score (nSPS) is 23.1. The molecule has 20 heavy (non-hydrogen) atoms. The fourth-order valence-electron chi connectivity index (χ4n) is 2.89. The molecular weight excluding hydrogens is 270 g/mol. The average molecular weight is 291 g/mol. The van der Waals surface area contributed by atoms with E-state index in [2.05, 4.69) is 33.7 Å². The maximum absolute atomic E-state index is 5.62. The quantitative estimate of drug-likeness (QED) is 0.934. The van der Waals surface area contributed by atoms with E-state index in [0.717, 1.165) is 41.1 Å². The number of aryl methyl sites for hydroxylation is 1. The monoisotopic (exact) mass is 291 g/mol. The number of nitrogens with one attached hydrogen (secondary N) is 1. The summed E-state index contributed by atoms with van der Waals surface area (Å²) in [7, 11) is 1.81. The molecule has 1 N–H and O–H groups in total. The van der Waals surface area contributed by atoms with Crippen LogP contribution in [-0.2, 0) is 11.2 Å². The lowest BCUT2D eigenvalue weighted by Gasteiger charge is -2.31. The number of anilines is 1. The third-order valence-corrected chi connectivity index (χ3v) is 4.82. The fraction of sp³-hybridized carbons (Fsp3) is 0.600. The number of nitrogens with zero attached hydrogens (tertiary/aromatic N) is 2. The zero-order chi connectivity index (χ0) is 13.9. The minimum absolute atomic E-state index is 0.289. The molecule has 0 bridgehead atoms. The van der Waals surface area contributed by atoms with Gasteiger partial charge in [0.2, 0.25) is 0 Å². The summed E-state index contributed by atoms with van der Waals surface area (Å²) in [5, 5.41) is 6.83. The molecule has 1 fully saturated rings. The lowest BCUT2D eigenvalue weighted by atomic mass is 9.92. The van der Waals surface area contributed by atoms with Gasteiger partial charge in [0, 0.05) is 13.5 Å². The minimum atomic E-state index is 0.289. The van der Waals surface area contributed by atoms with Gasteiger partial charge in [-0.05, 0) is 24.3 Å². The first-order valence-corrected chi connectivity index (χ1v) is 8.23. The lowest BCUT2D eigenvalue weighted by Crippen LogP contribution is -2.38. The van der Waals surface area contributed by atoms with Crippen molar-refractivity contribution in [3.8, 4) is 0 Å². The molecule has 0 amide bonds. The van der Waals surface area contributed by atoms with Gasteiger partial charge >= 0.3 is 0 Å². The van der Waals surface area contributed by atoms with E-state index in [1.165, 1.54) is 12.8 Å². The van der Waals surface area contributed by atoms with Gasteiger partial charge in [-0.1, -0.05) is 19.8 Å². The number of aromatic nitrogens is 2. The van der Waals surface area contributed by atoms with E-state index < -0.39 is 0 Å². The predicted octanol–water partition coefficient (Wildman–Crippen LogP) is 3.62. The number of fused-ring (bicyclic) bond motifs is 1. The Morgan fingerprint density at radius 1 is 1.35 bits per heavy atom. The maximum Gasteiger partial charge on any atom is 0.138 e. The summed E-state index contributed by atoms with van der Waals surface area (Å²) in [6, 6.07) is 2.46. The Balaban J connectivity index is 1.90. The Labute approximate surface area is 123 Å². The van der Waals surface area contributed by atoms with Crippen molar-refractivity contribution in [3.05, 3.63) is 17.3 Å². The molecule has 5 heteroatoms. The van der Waals surface area contributed by atoms with Crippen LogP contribution in [0, 0.1) is 0 Å². The molecule has 1 saturated carbocycles. The van der Waals surface area contributed by atoms with Gasteiger partial charge in [-0.15, -0.1) is 11.3 Å². The summed E-state index contributed by atoms with van der Waals surface area (Å²) in [4.78, 5) is 10.3. The van der Waals surface area contributed by atoms with E-state index in [1.54, 1.807) is 11.3 Å². The molecule has 2 unspecified atom stereocenters. The van der Waals surface area contributed by atoms with Crippen molar-refractivity contribution >= 4 is 27.4 Å². The zero-order valence-electron chi connectivity index (χ0n) is 12.1. The van der Waals surface area contributed by atoms with Gasteiger partial charge in [0.1, 0.15) is 16.5 Å². The molecule has 2 heterocycles. The van der Waals surface area contributed by atoms with Crippen molar-refractivity contribution < 1.29 is 4.74 Å². The van der Waals surface area contributed by atoms with Gasteiger partial charge in [0.25, 0.3) is 0 Å². The smallest absolute Gasteiger partial charge is 0.138 e. The average Bonchev–Trinajstić information content (AvgIpc) is 2.96. The second-order valence-corrected chi connectivity index (χ2v) is 6.19. The van der Waals surface area contributed by atoms with Gasteiger partial charge in [-0.3, -0.25) is 0 Å². The summed E-state index contributed by atoms with van der Waals surface area (Å²) >= 11 is 1.68. The van der Waals surface area contributed by atoms with Crippen molar-refractivity contribution in [2.24, 2.45) is 0 Å². The highest BCUT2D eigenvalue weighted by molar-refractivity contribution is 7.16. The summed E-state index contributed by atoms with van der Waals surface area (Å²) in [5.74, 6) is 1.88. The number of thiophene rings is 1. The largest absolute Gasteiger partial charge is 0.379 e. The van der Waals surface area contributed by atoms with Crippen molar-refractivity contribution in [3.63, 3.8) is 0 Å². The first-order chi connectivity index (χ1) is 9.81. The highest BCUT2D eigenvalue weighted by Crippen LogP contribution is 2.29. The van der Waals surface area contributed by atoms with Gasteiger partial charge < -0.3 is 10.1 Å². The van der Waals surface area contributed by atoms with Crippen molar-refractivity contribution in [2.45, 2.75) is 51.2 Å². The molecule has 108 valence electrons. The first kappa shape index (κ1) is 13.8. The summed E-state index contributed by atoms with van der Waals surface area (Å²) in [6.45, 7) is 2.09. The van der Waals surface area contributed by atoms with Gasteiger partial charge in [-0.2, -0.15) is 0 Å². The van der Waals surface area contributed by atoms with Gasteiger partial charge in [0.05, 0.1) is 17.5 Å². The van der Waals surface area contributed by atoms with Crippen LogP contribution in [0.5, 0.6) is 0 Å². The molecule has 4 nitrogen and oxygen atoms in total. The second kappa shape index (κ2) is 6.06. The third-order valence-electron chi connectivity index (χ3n) is 4.02. The van der Waals surface area contributed by atoms with Crippen LogP contribution in [0.2, 0.25) is 0 Å². The molecule has 0 radical (unpaired) electrons. The molecule has 0 spiro atoms. The molecule has 3 rings (SSSR count). The van der Waals surface area contributed by atoms with E-state index in [4.69, 9.17) is 4.74 Å². The molecule has 0 aliphatic heterocycles. The van der Waals surface area contributed by atoms with Crippen molar-refractivity contribution in [2.75, 3.05) is 12.4 Å². The molecule has 1 aliphatic rings. The van der Waals surface area contributed by atoms with Crippen LogP contribution in [-0.4, -0.2) is 29.2 Å². The van der Waals surface area contributed by atoms with Crippen molar-refractivity contribution in [1.29, 1.82) is 0 Å². The third kappa shape index (κ3) is 2.65. The lowest BCUT2D eigenvalue weighted by molar-refractivity contribution is 0.0605. The summed E-state index contributed by atoms with van der Waals surface area (Å²) in [5.41, 5.74) is 0. The van der Waals surface area contributed by atoms with Crippen LogP contribution in [0.1, 0.15) is 38.4 Å². The number of ether oxygens (including phenoxy) is 1.